The van der Waals surface area contributed by atoms with Crippen molar-refractivity contribution >= 4 is 23.5 Å². The van der Waals surface area contributed by atoms with Crippen molar-refractivity contribution in [2.45, 2.75) is 6.61 Å². The first kappa shape index (κ1) is 19.4. The summed E-state index contributed by atoms with van der Waals surface area (Å²) in [4.78, 5) is 0. The smallest absolute Gasteiger partial charge is 0.187 e. The number of halogens is 1. The molecule has 0 aliphatic rings. The average molecular weight is 373 g/mol. The monoisotopic (exact) mass is 373 g/mol. The Morgan fingerprint density at radius 2 is 2.00 bits per heavy atom. The Labute approximate surface area is 157 Å². The summed E-state index contributed by atoms with van der Waals surface area (Å²) in [5.41, 5.74) is 4.39. The van der Waals surface area contributed by atoms with Gasteiger partial charge >= 0.3 is 0 Å². The van der Waals surface area contributed by atoms with Crippen molar-refractivity contribution in [3.8, 4) is 11.5 Å². The van der Waals surface area contributed by atoms with Crippen LogP contribution < -0.4 is 20.2 Å². The predicted molar refractivity (Wildman–Crippen MR) is 105 cm³/mol. The lowest BCUT2D eigenvalue weighted by Gasteiger charge is -2.11. The van der Waals surface area contributed by atoms with E-state index in [1.54, 1.807) is 43.7 Å². The van der Waals surface area contributed by atoms with Gasteiger partial charge in [-0.25, -0.2) is 4.39 Å². The molecular formula is C19H20FN3O2S. The van der Waals surface area contributed by atoms with Crippen LogP contribution in [-0.4, -0.2) is 25.0 Å². The molecule has 0 amide bonds. The van der Waals surface area contributed by atoms with Gasteiger partial charge in [0.25, 0.3) is 0 Å². The normalized spacial score (nSPS) is 10.4. The van der Waals surface area contributed by atoms with Crippen molar-refractivity contribution in [1.29, 1.82) is 0 Å². The quantitative estimate of drug-likeness (QED) is 0.321. The zero-order valence-corrected chi connectivity index (χ0v) is 15.2. The third-order valence-corrected chi connectivity index (χ3v) is 3.52. The zero-order valence-electron chi connectivity index (χ0n) is 14.4. The molecule has 2 aromatic rings. The summed E-state index contributed by atoms with van der Waals surface area (Å²) in [6.07, 6.45) is 3.32. The van der Waals surface area contributed by atoms with Crippen molar-refractivity contribution in [1.82, 2.24) is 10.7 Å². The molecule has 0 aliphatic heterocycles. The van der Waals surface area contributed by atoms with Gasteiger partial charge in [0.2, 0.25) is 0 Å². The molecule has 0 heterocycles. The highest BCUT2D eigenvalue weighted by atomic mass is 32.1. The fourth-order valence-corrected chi connectivity index (χ4v) is 2.13. The molecule has 0 aliphatic carbocycles. The van der Waals surface area contributed by atoms with Gasteiger partial charge in [-0.05, 0) is 53.7 Å². The van der Waals surface area contributed by atoms with Crippen LogP contribution in [0, 0.1) is 5.82 Å². The van der Waals surface area contributed by atoms with Gasteiger partial charge in [-0.3, -0.25) is 5.43 Å². The third kappa shape index (κ3) is 6.18. The summed E-state index contributed by atoms with van der Waals surface area (Å²) in [5.74, 6) is 0.885. The molecule has 0 atom stereocenters. The maximum atomic E-state index is 12.9. The maximum Gasteiger partial charge on any atom is 0.187 e. The number of hydrogen-bond acceptors (Lipinski definition) is 4. The van der Waals surface area contributed by atoms with Crippen molar-refractivity contribution < 1.29 is 13.9 Å². The van der Waals surface area contributed by atoms with Crippen LogP contribution in [0.25, 0.3) is 0 Å². The SMILES string of the molecule is C=CCNC(=S)N/N=C/c1ccc(OCc2ccc(F)cc2)c(OC)c1. The number of benzene rings is 2. The topological polar surface area (TPSA) is 54.9 Å². The van der Waals surface area contributed by atoms with E-state index in [4.69, 9.17) is 21.7 Å². The predicted octanol–water partition coefficient (Wildman–Crippen LogP) is 3.40. The van der Waals surface area contributed by atoms with Crippen LogP contribution in [0.5, 0.6) is 11.5 Å². The Balaban J connectivity index is 1.96. The molecule has 136 valence electrons. The molecule has 0 aromatic heterocycles. The van der Waals surface area contributed by atoms with Crippen LogP contribution in [0.4, 0.5) is 4.39 Å². The fraction of sp³-hybridized carbons (Fsp3) is 0.158. The second-order valence-corrected chi connectivity index (χ2v) is 5.60. The zero-order chi connectivity index (χ0) is 18.8. The first-order chi connectivity index (χ1) is 12.6. The van der Waals surface area contributed by atoms with E-state index in [9.17, 15) is 4.39 Å². The highest BCUT2D eigenvalue weighted by Gasteiger charge is 2.06. The van der Waals surface area contributed by atoms with Gasteiger partial charge in [-0.15, -0.1) is 6.58 Å². The number of nitrogens with zero attached hydrogens (tertiary/aromatic N) is 1. The number of ether oxygens (including phenoxy) is 2. The first-order valence-electron chi connectivity index (χ1n) is 7.85. The number of rotatable bonds is 8. The minimum atomic E-state index is -0.275. The summed E-state index contributed by atoms with van der Waals surface area (Å²) in [6, 6.07) is 11.6. The highest BCUT2D eigenvalue weighted by Crippen LogP contribution is 2.28. The number of nitrogens with one attached hydrogen (secondary N) is 2. The van der Waals surface area contributed by atoms with Crippen LogP contribution in [0.3, 0.4) is 0 Å². The molecular weight excluding hydrogens is 353 g/mol. The maximum absolute atomic E-state index is 12.9. The summed E-state index contributed by atoms with van der Waals surface area (Å²) in [5, 5.41) is 7.37. The van der Waals surface area contributed by atoms with E-state index in [1.807, 2.05) is 6.07 Å². The molecule has 2 N–H and O–H groups in total. The minimum Gasteiger partial charge on any atom is -0.493 e. The number of methoxy groups -OCH3 is 1. The Bertz CT molecular complexity index is 779. The Hall–Kier alpha value is -2.93. The molecule has 26 heavy (non-hydrogen) atoms. The largest absolute Gasteiger partial charge is 0.493 e. The molecule has 7 heteroatoms. The van der Waals surface area contributed by atoms with Gasteiger partial charge in [0.15, 0.2) is 16.6 Å². The second-order valence-electron chi connectivity index (χ2n) is 5.19. The van der Waals surface area contributed by atoms with Crippen LogP contribution in [-0.2, 0) is 6.61 Å². The third-order valence-electron chi connectivity index (χ3n) is 3.28. The van der Waals surface area contributed by atoms with Gasteiger partial charge < -0.3 is 14.8 Å². The Morgan fingerprint density at radius 3 is 2.69 bits per heavy atom. The van der Waals surface area contributed by atoms with E-state index in [0.29, 0.717) is 29.8 Å². The second kappa shape index (κ2) is 10.1. The molecule has 5 nitrogen and oxygen atoms in total. The molecule has 0 bridgehead atoms. The van der Waals surface area contributed by atoms with Crippen LogP contribution in [0.1, 0.15) is 11.1 Å². The fourth-order valence-electron chi connectivity index (χ4n) is 2.00. The number of hydrazone groups is 1. The molecule has 2 aromatic carbocycles. The molecule has 0 fully saturated rings. The van der Waals surface area contributed by atoms with E-state index < -0.39 is 0 Å². The van der Waals surface area contributed by atoms with Crippen LogP contribution >= 0.6 is 12.2 Å². The summed E-state index contributed by atoms with van der Waals surface area (Å²) < 4.78 is 24.0. The highest BCUT2D eigenvalue weighted by molar-refractivity contribution is 7.80. The molecule has 2 rings (SSSR count). The van der Waals surface area contributed by atoms with E-state index in [1.165, 1.54) is 12.1 Å². The van der Waals surface area contributed by atoms with E-state index >= 15 is 0 Å². The van der Waals surface area contributed by atoms with Gasteiger partial charge in [0, 0.05) is 6.54 Å². The lowest BCUT2D eigenvalue weighted by atomic mass is 10.2. The van der Waals surface area contributed by atoms with Crippen molar-refractivity contribution in [2.75, 3.05) is 13.7 Å². The van der Waals surface area contributed by atoms with Gasteiger partial charge in [0.05, 0.1) is 13.3 Å². The molecule has 0 saturated carbocycles. The molecule has 0 saturated heterocycles. The summed E-state index contributed by atoms with van der Waals surface area (Å²) in [7, 11) is 1.56. The van der Waals surface area contributed by atoms with E-state index in [0.717, 1.165) is 11.1 Å². The Morgan fingerprint density at radius 1 is 1.23 bits per heavy atom. The minimum absolute atomic E-state index is 0.275. The summed E-state index contributed by atoms with van der Waals surface area (Å²) >= 11 is 5.04. The van der Waals surface area contributed by atoms with Gasteiger partial charge in [0.1, 0.15) is 12.4 Å². The molecule has 0 unspecified atom stereocenters. The Kier molecular flexibility index (Phi) is 7.57. The van der Waals surface area contributed by atoms with E-state index in [-0.39, 0.29) is 5.82 Å². The first-order valence-corrected chi connectivity index (χ1v) is 8.26. The van der Waals surface area contributed by atoms with E-state index in [2.05, 4.69) is 22.4 Å². The summed E-state index contributed by atoms with van der Waals surface area (Å²) in [6.45, 7) is 4.47. The van der Waals surface area contributed by atoms with Crippen molar-refractivity contribution in [3.63, 3.8) is 0 Å². The lowest BCUT2D eigenvalue weighted by Crippen LogP contribution is -2.31. The lowest BCUT2D eigenvalue weighted by molar-refractivity contribution is 0.284. The molecule has 0 radical (unpaired) electrons. The van der Waals surface area contributed by atoms with Crippen LogP contribution in [0.15, 0.2) is 60.2 Å². The average Bonchev–Trinajstić information content (AvgIpc) is 2.66. The van der Waals surface area contributed by atoms with Crippen molar-refractivity contribution in [2.24, 2.45) is 5.10 Å². The number of hydrogen-bond donors (Lipinski definition) is 2. The standard InChI is InChI=1S/C19H20FN3O2S/c1-3-10-21-19(26)23-22-12-15-6-9-17(18(11-15)24-2)25-13-14-4-7-16(20)8-5-14/h3-9,11-12H,1,10,13H2,2H3,(H2,21,23,26)/b22-12+. The van der Waals surface area contributed by atoms with Gasteiger partial charge in [-0.1, -0.05) is 18.2 Å². The van der Waals surface area contributed by atoms with Crippen molar-refractivity contribution in [3.05, 3.63) is 72.1 Å². The van der Waals surface area contributed by atoms with Gasteiger partial charge in [-0.2, -0.15) is 5.10 Å². The molecule has 0 spiro atoms. The van der Waals surface area contributed by atoms with Crippen LogP contribution in [0.2, 0.25) is 0 Å². The number of thiocarbonyl (C=S) groups is 1.